The summed E-state index contributed by atoms with van der Waals surface area (Å²) in [5.74, 6) is -0.946. The van der Waals surface area contributed by atoms with E-state index in [9.17, 15) is 18.0 Å². The van der Waals surface area contributed by atoms with Crippen LogP contribution in [0.2, 0.25) is 0 Å². The number of hydrogen-bond donors (Lipinski definition) is 1. The summed E-state index contributed by atoms with van der Waals surface area (Å²) in [5.41, 5.74) is 1.04. The first-order valence-corrected chi connectivity index (χ1v) is 10.8. The van der Waals surface area contributed by atoms with Crippen molar-refractivity contribution in [2.45, 2.75) is 17.9 Å². The van der Waals surface area contributed by atoms with Crippen LogP contribution < -0.4 is 4.72 Å². The molecule has 0 saturated carbocycles. The number of thioether (sulfide) groups is 1. The number of ketones is 1. The van der Waals surface area contributed by atoms with Gasteiger partial charge in [-0.15, -0.1) is 11.8 Å². The predicted octanol–water partition coefficient (Wildman–Crippen LogP) is 3.21. The highest BCUT2D eigenvalue weighted by Crippen LogP contribution is 2.17. The van der Waals surface area contributed by atoms with Crippen molar-refractivity contribution in [3.05, 3.63) is 59.7 Å². The zero-order valence-corrected chi connectivity index (χ0v) is 16.2. The second kappa shape index (κ2) is 8.37. The number of sulfonamides is 1. The van der Waals surface area contributed by atoms with Crippen molar-refractivity contribution in [2.24, 2.45) is 0 Å². The van der Waals surface area contributed by atoms with Crippen molar-refractivity contribution in [3.63, 3.8) is 0 Å². The first-order chi connectivity index (χ1) is 12.2. The summed E-state index contributed by atoms with van der Waals surface area (Å²) in [6, 6.07) is 12.8. The third-order valence-electron chi connectivity index (χ3n) is 3.45. The molecule has 2 rings (SSSR count). The molecule has 1 atom stereocenters. The van der Waals surface area contributed by atoms with Crippen LogP contribution in [0, 0.1) is 0 Å². The SMILES string of the molecule is CSc1ccc(C(=O)O[C@H](C)C(=O)c2ccc(NS(C)(=O)=O)cc2)cc1. The molecule has 0 aromatic heterocycles. The van der Waals surface area contributed by atoms with E-state index in [1.165, 1.54) is 31.2 Å². The van der Waals surface area contributed by atoms with Crippen molar-refractivity contribution in [3.8, 4) is 0 Å². The van der Waals surface area contributed by atoms with Crippen LogP contribution >= 0.6 is 11.8 Å². The number of hydrogen-bond acceptors (Lipinski definition) is 6. The molecule has 0 aliphatic rings. The average Bonchev–Trinajstić information content (AvgIpc) is 2.60. The average molecular weight is 393 g/mol. The van der Waals surface area contributed by atoms with E-state index in [1.807, 2.05) is 6.26 Å². The van der Waals surface area contributed by atoms with Gasteiger partial charge in [-0.3, -0.25) is 9.52 Å². The van der Waals surface area contributed by atoms with Crippen LogP contribution in [0.1, 0.15) is 27.6 Å². The Hall–Kier alpha value is -2.32. The third-order valence-corrected chi connectivity index (χ3v) is 4.80. The number of anilines is 1. The second-order valence-corrected chi connectivity index (χ2v) is 8.22. The molecule has 0 saturated heterocycles. The number of rotatable bonds is 7. The van der Waals surface area contributed by atoms with Gasteiger partial charge in [0.1, 0.15) is 0 Å². The Morgan fingerprint density at radius 3 is 2.04 bits per heavy atom. The van der Waals surface area contributed by atoms with E-state index in [2.05, 4.69) is 4.72 Å². The molecule has 8 heteroatoms. The Bertz CT molecular complexity index is 890. The van der Waals surface area contributed by atoms with Gasteiger partial charge in [-0.2, -0.15) is 0 Å². The van der Waals surface area contributed by atoms with Crippen LogP contribution in [-0.2, 0) is 14.8 Å². The molecule has 1 N–H and O–H groups in total. The molecular formula is C18H19NO5S2. The van der Waals surface area contributed by atoms with E-state index in [0.717, 1.165) is 11.2 Å². The van der Waals surface area contributed by atoms with Crippen LogP contribution in [0.25, 0.3) is 0 Å². The van der Waals surface area contributed by atoms with Crippen LogP contribution in [-0.4, -0.2) is 38.8 Å². The summed E-state index contributed by atoms with van der Waals surface area (Å²) in [7, 11) is -3.38. The van der Waals surface area contributed by atoms with Gasteiger partial charge in [0.05, 0.1) is 11.8 Å². The van der Waals surface area contributed by atoms with E-state index < -0.39 is 22.1 Å². The van der Waals surface area contributed by atoms with E-state index in [1.54, 1.807) is 36.0 Å². The van der Waals surface area contributed by atoms with Gasteiger partial charge in [0.25, 0.3) is 0 Å². The van der Waals surface area contributed by atoms with Gasteiger partial charge in [-0.25, -0.2) is 13.2 Å². The standard InChI is InChI=1S/C18H19NO5S2/c1-12(24-18(21)14-6-10-16(25-2)11-7-14)17(20)13-4-8-15(9-5-13)19-26(3,22)23/h4-12,19H,1-3H3/t12-/m1/s1. The first kappa shape index (κ1) is 20.0. The van der Waals surface area contributed by atoms with Gasteiger partial charge in [-0.1, -0.05) is 0 Å². The number of benzene rings is 2. The quantitative estimate of drug-likeness (QED) is 0.441. The first-order valence-electron chi connectivity index (χ1n) is 7.66. The van der Waals surface area contributed by atoms with Crippen molar-refractivity contribution >= 4 is 39.2 Å². The minimum atomic E-state index is -3.38. The maximum atomic E-state index is 12.4. The molecule has 138 valence electrons. The van der Waals surface area contributed by atoms with E-state index in [0.29, 0.717) is 16.8 Å². The van der Waals surface area contributed by atoms with E-state index in [-0.39, 0.29) is 5.78 Å². The second-order valence-electron chi connectivity index (χ2n) is 5.59. The van der Waals surface area contributed by atoms with Crippen molar-refractivity contribution in [2.75, 3.05) is 17.2 Å². The molecule has 26 heavy (non-hydrogen) atoms. The number of nitrogens with one attached hydrogen (secondary N) is 1. The number of ether oxygens (including phenoxy) is 1. The van der Waals surface area contributed by atoms with Crippen LogP contribution in [0.5, 0.6) is 0 Å². The molecule has 0 bridgehead atoms. The summed E-state index contributed by atoms with van der Waals surface area (Å²) >= 11 is 1.56. The minimum absolute atomic E-state index is 0.321. The zero-order valence-electron chi connectivity index (χ0n) is 14.6. The minimum Gasteiger partial charge on any atom is -0.451 e. The topological polar surface area (TPSA) is 89.5 Å². The molecule has 0 aliphatic heterocycles. The molecule has 0 heterocycles. The number of esters is 1. The molecule has 0 radical (unpaired) electrons. The van der Waals surface area contributed by atoms with Gasteiger partial charge in [0.2, 0.25) is 15.8 Å². The Labute approximate surface area is 157 Å². The molecule has 6 nitrogen and oxygen atoms in total. The van der Waals surface area contributed by atoms with Crippen molar-refractivity contribution in [1.82, 2.24) is 0 Å². The van der Waals surface area contributed by atoms with Gasteiger partial charge >= 0.3 is 5.97 Å². The monoisotopic (exact) mass is 393 g/mol. The normalized spacial score (nSPS) is 12.3. The van der Waals surface area contributed by atoms with E-state index >= 15 is 0 Å². The number of Topliss-reactive ketones (excluding diaryl/α,β-unsaturated/α-hetero) is 1. The van der Waals surface area contributed by atoms with E-state index in [4.69, 9.17) is 4.74 Å². The molecule has 0 aliphatic carbocycles. The summed E-state index contributed by atoms with van der Waals surface area (Å²) in [4.78, 5) is 25.6. The largest absolute Gasteiger partial charge is 0.451 e. The zero-order chi connectivity index (χ0) is 19.3. The van der Waals surface area contributed by atoms with Gasteiger partial charge in [-0.05, 0) is 61.7 Å². The predicted molar refractivity (Wildman–Crippen MR) is 102 cm³/mol. The number of carbonyl (C=O) groups excluding carboxylic acids is 2. The van der Waals surface area contributed by atoms with Gasteiger partial charge < -0.3 is 4.74 Å². The fraction of sp³-hybridized carbons (Fsp3) is 0.222. The maximum Gasteiger partial charge on any atom is 0.338 e. The van der Waals surface area contributed by atoms with Crippen LogP contribution in [0.4, 0.5) is 5.69 Å². The summed E-state index contributed by atoms with van der Waals surface area (Å²) in [6.07, 6.45) is 2.01. The highest BCUT2D eigenvalue weighted by Gasteiger charge is 2.20. The molecule has 2 aromatic carbocycles. The summed E-state index contributed by atoms with van der Waals surface area (Å²) in [6.45, 7) is 1.50. The Morgan fingerprint density at radius 2 is 1.54 bits per heavy atom. The lowest BCUT2D eigenvalue weighted by Crippen LogP contribution is -2.24. The van der Waals surface area contributed by atoms with Crippen LogP contribution in [0.3, 0.4) is 0 Å². The summed E-state index contributed by atoms with van der Waals surface area (Å²) in [5, 5.41) is 0. The highest BCUT2D eigenvalue weighted by molar-refractivity contribution is 7.98. The fourth-order valence-electron chi connectivity index (χ4n) is 2.16. The van der Waals surface area contributed by atoms with Crippen molar-refractivity contribution < 1.29 is 22.7 Å². The lowest BCUT2D eigenvalue weighted by molar-refractivity contribution is 0.0319. The smallest absolute Gasteiger partial charge is 0.338 e. The third kappa shape index (κ3) is 5.60. The number of carbonyl (C=O) groups is 2. The molecule has 0 amide bonds. The molecule has 2 aromatic rings. The lowest BCUT2D eigenvalue weighted by atomic mass is 10.1. The van der Waals surface area contributed by atoms with Crippen LogP contribution in [0.15, 0.2) is 53.4 Å². The maximum absolute atomic E-state index is 12.4. The molecule has 0 spiro atoms. The summed E-state index contributed by atoms with van der Waals surface area (Å²) < 4.78 is 29.9. The Balaban J connectivity index is 2.03. The Morgan fingerprint density at radius 1 is 1.00 bits per heavy atom. The lowest BCUT2D eigenvalue weighted by Gasteiger charge is -2.13. The molecule has 0 fully saturated rings. The van der Waals surface area contributed by atoms with Gasteiger partial charge in [0, 0.05) is 16.1 Å². The van der Waals surface area contributed by atoms with Crippen molar-refractivity contribution in [1.29, 1.82) is 0 Å². The highest BCUT2D eigenvalue weighted by atomic mass is 32.2. The molecular weight excluding hydrogens is 374 g/mol. The Kier molecular flexibility index (Phi) is 6.44. The fourth-order valence-corrected chi connectivity index (χ4v) is 3.13. The van der Waals surface area contributed by atoms with Gasteiger partial charge in [0.15, 0.2) is 6.10 Å². The molecule has 0 unspecified atom stereocenters.